The van der Waals surface area contributed by atoms with Gasteiger partial charge >= 0.3 is 5.97 Å². The highest BCUT2D eigenvalue weighted by Gasteiger charge is 2.50. The van der Waals surface area contributed by atoms with Crippen LogP contribution in [0.4, 0.5) is 5.00 Å². The highest BCUT2D eigenvalue weighted by molar-refractivity contribution is 7.16. The number of amides is 1. The number of aryl methyl sites for hydroxylation is 1. The number of anilines is 1. The summed E-state index contributed by atoms with van der Waals surface area (Å²) in [5.41, 5.74) is 0.235. The van der Waals surface area contributed by atoms with Gasteiger partial charge in [-0.25, -0.2) is 4.79 Å². The van der Waals surface area contributed by atoms with Crippen LogP contribution >= 0.6 is 11.3 Å². The SMILES string of the molecule is Cc1cc(C(=O)O)c(NC(=O)C2CC2(C)C)s1. The Labute approximate surface area is 104 Å². The van der Waals surface area contributed by atoms with Crippen molar-refractivity contribution in [2.24, 2.45) is 11.3 Å². The predicted molar refractivity (Wildman–Crippen MR) is 66.5 cm³/mol. The van der Waals surface area contributed by atoms with Crippen molar-refractivity contribution in [3.63, 3.8) is 0 Å². The number of rotatable bonds is 3. The van der Waals surface area contributed by atoms with Crippen LogP contribution in [-0.2, 0) is 4.79 Å². The van der Waals surface area contributed by atoms with Gasteiger partial charge in [0.25, 0.3) is 0 Å². The van der Waals surface area contributed by atoms with Crippen molar-refractivity contribution >= 4 is 28.2 Å². The van der Waals surface area contributed by atoms with E-state index < -0.39 is 5.97 Å². The van der Waals surface area contributed by atoms with E-state index in [1.165, 1.54) is 11.3 Å². The summed E-state index contributed by atoms with van der Waals surface area (Å²) in [6.07, 6.45) is 0.867. The molecule has 2 rings (SSSR count). The second-order valence-corrected chi connectivity index (χ2v) is 6.40. The van der Waals surface area contributed by atoms with Gasteiger partial charge in [0.05, 0.1) is 5.56 Å². The Hall–Kier alpha value is -1.36. The minimum Gasteiger partial charge on any atom is -0.478 e. The molecule has 1 heterocycles. The molecule has 1 unspecified atom stereocenters. The fourth-order valence-electron chi connectivity index (χ4n) is 1.88. The van der Waals surface area contributed by atoms with Crippen molar-refractivity contribution in [2.45, 2.75) is 27.2 Å². The van der Waals surface area contributed by atoms with Gasteiger partial charge in [-0.2, -0.15) is 0 Å². The predicted octanol–water partition coefficient (Wildman–Crippen LogP) is 2.74. The fourth-order valence-corrected chi connectivity index (χ4v) is 2.79. The number of aromatic carboxylic acids is 1. The normalized spacial score (nSPS) is 21.0. The number of carboxylic acids is 1. The summed E-state index contributed by atoms with van der Waals surface area (Å²) in [4.78, 5) is 23.7. The van der Waals surface area contributed by atoms with Crippen LogP contribution < -0.4 is 5.32 Å². The summed E-state index contributed by atoms with van der Waals surface area (Å²) in [5, 5.41) is 12.2. The molecule has 5 heteroatoms. The lowest BCUT2D eigenvalue weighted by Gasteiger charge is -2.05. The third kappa shape index (κ3) is 2.34. The number of thiophene rings is 1. The van der Waals surface area contributed by atoms with Crippen LogP contribution in [0.25, 0.3) is 0 Å². The molecule has 1 aromatic rings. The van der Waals surface area contributed by atoms with E-state index in [1.807, 2.05) is 20.8 Å². The Morgan fingerprint density at radius 2 is 2.12 bits per heavy atom. The quantitative estimate of drug-likeness (QED) is 0.870. The van der Waals surface area contributed by atoms with Gasteiger partial charge < -0.3 is 10.4 Å². The van der Waals surface area contributed by atoms with Crippen molar-refractivity contribution in [3.05, 3.63) is 16.5 Å². The molecule has 1 aliphatic carbocycles. The minimum absolute atomic E-state index is 0.00607. The molecule has 17 heavy (non-hydrogen) atoms. The van der Waals surface area contributed by atoms with Gasteiger partial charge in [-0.05, 0) is 24.8 Å². The van der Waals surface area contributed by atoms with Crippen molar-refractivity contribution < 1.29 is 14.7 Å². The van der Waals surface area contributed by atoms with Gasteiger partial charge in [0.2, 0.25) is 5.91 Å². The number of carbonyl (C=O) groups excluding carboxylic acids is 1. The fraction of sp³-hybridized carbons (Fsp3) is 0.500. The van der Waals surface area contributed by atoms with Crippen LogP contribution in [0.2, 0.25) is 0 Å². The van der Waals surface area contributed by atoms with Gasteiger partial charge in [-0.1, -0.05) is 13.8 Å². The van der Waals surface area contributed by atoms with Gasteiger partial charge in [0, 0.05) is 10.8 Å². The summed E-state index contributed by atoms with van der Waals surface area (Å²) in [6, 6.07) is 1.58. The Morgan fingerprint density at radius 1 is 1.53 bits per heavy atom. The smallest absolute Gasteiger partial charge is 0.338 e. The van der Waals surface area contributed by atoms with E-state index >= 15 is 0 Å². The molecule has 1 aromatic heterocycles. The highest BCUT2D eigenvalue weighted by Crippen LogP contribution is 2.52. The Balaban J connectivity index is 2.14. The lowest BCUT2D eigenvalue weighted by atomic mass is 10.1. The molecule has 1 fully saturated rings. The molecule has 0 spiro atoms. The third-order valence-corrected chi connectivity index (χ3v) is 4.12. The minimum atomic E-state index is -1.00. The first-order valence-electron chi connectivity index (χ1n) is 5.46. The Bertz CT molecular complexity index is 490. The van der Waals surface area contributed by atoms with Crippen LogP contribution in [0.1, 0.15) is 35.5 Å². The van der Waals surface area contributed by atoms with E-state index in [0.717, 1.165) is 11.3 Å². The zero-order valence-electron chi connectivity index (χ0n) is 10.0. The van der Waals surface area contributed by atoms with Crippen LogP contribution in [0.3, 0.4) is 0 Å². The molecule has 4 nitrogen and oxygen atoms in total. The van der Waals surface area contributed by atoms with E-state index in [9.17, 15) is 9.59 Å². The number of carboxylic acid groups (broad SMARTS) is 1. The molecular formula is C12H15NO3S. The monoisotopic (exact) mass is 253 g/mol. The number of hydrogen-bond donors (Lipinski definition) is 2. The first-order chi connectivity index (χ1) is 7.81. The third-order valence-electron chi connectivity index (χ3n) is 3.15. The van der Waals surface area contributed by atoms with E-state index in [1.54, 1.807) is 6.07 Å². The molecule has 1 amide bonds. The highest BCUT2D eigenvalue weighted by atomic mass is 32.1. The summed E-state index contributed by atoms with van der Waals surface area (Å²) >= 11 is 1.30. The molecule has 1 saturated carbocycles. The first-order valence-corrected chi connectivity index (χ1v) is 6.27. The number of carbonyl (C=O) groups is 2. The molecule has 92 valence electrons. The van der Waals surface area contributed by atoms with Crippen LogP contribution in [-0.4, -0.2) is 17.0 Å². The number of hydrogen-bond acceptors (Lipinski definition) is 3. The van der Waals surface area contributed by atoms with Crippen LogP contribution in [0, 0.1) is 18.3 Å². The summed E-state index contributed by atoms with van der Waals surface area (Å²) in [7, 11) is 0. The largest absolute Gasteiger partial charge is 0.478 e. The second-order valence-electron chi connectivity index (χ2n) is 5.14. The molecular weight excluding hydrogens is 238 g/mol. The number of nitrogens with one attached hydrogen (secondary N) is 1. The molecule has 1 aliphatic rings. The lowest BCUT2D eigenvalue weighted by molar-refractivity contribution is -0.117. The Morgan fingerprint density at radius 3 is 2.59 bits per heavy atom. The van der Waals surface area contributed by atoms with Crippen molar-refractivity contribution in [1.29, 1.82) is 0 Å². The van der Waals surface area contributed by atoms with Crippen molar-refractivity contribution in [1.82, 2.24) is 0 Å². The average molecular weight is 253 g/mol. The Kier molecular flexibility index (Phi) is 2.73. The van der Waals surface area contributed by atoms with E-state index in [2.05, 4.69) is 5.32 Å². The van der Waals surface area contributed by atoms with Gasteiger partial charge in [0.15, 0.2) is 0 Å². The molecule has 0 radical (unpaired) electrons. The zero-order valence-corrected chi connectivity index (χ0v) is 10.9. The molecule has 2 N–H and O–H groups in total. The zero-order chi connectivity index (χ0) is 12.8. The molecule has 1 atom stereocenters. The maximum atomic E-state index is 11.9. The maximum Gasteiger partial charge on any atom is 0.338 e. The molecule has 0 bridgehead atoms. The summed E-state index contributed by atoms with van der Waals surface area (Å²) in [5.74, 6) is -1.06. The molecule has 0 aliphatic heterocycles. The second kappa shape index (κ2) is 3.84. The van der Waals surface area contributed by atoms with Gasteiger partial charge in [-0.3, -0.25) is 4.79 Å². The van der Waals surface area contributed by atoms with Crippen molar-refractivity contribution in [3.8, 4) is 0 Å². The molecule has 0 aromatic carbocycles. The van der Waals surface area contributed by atoms with Gasteiger partial charge in [-0.15, -0.1) is 11.3 Å². The van der Waals surface area contributed by atoms with Gasteiger partial charge in [0.1, 0.15) is 5.00 Å². The van der Waals surface area contributed by atoms with Crippen LogP contribution in [0.15, 0.2) is 6.07 Å². The maximum absolute atomic E-state index is 11.9. The van der Waals surface area contributed by atoms with Crippen LogP contribution in [0.5, 0.6) is 0 Å². The summed E-state index contributed by atoms with van der Waals surface area (Å²) < 4.78 is 0. The average Bonchev–Trinajstić information content (AvgIpc) is 2.66. The van der Waals surface area contributed by atoms with E-state index in [-0.39, 0.29) is 22.8 Å². The molecule has 0 saturated heterocycles. The first kappa shape index (κ1) is 12.1. The van der Waals surface area contributed by atoms with E-state index in [4.69, 9.17) is 5.11 Å². The lowest BCUT2D eigenvalue weighted by Crippen LogP contribution is -2.17. The van der Waals surface area contributed by atoms with E-state index in [0.29, 0.717) is 5.00 Å². The summed E-state index contributed by atoms with van der Waals surface area (Å²) in [6.45, 7) is 5.90. The standard InChI is InChI=1S/C12H15NO3S/c1-6-4-7(11(15)16)10(17-6)13-9(14)8-5-12(8,2)3/h4,8H,5H2,1-3H3,(H,13,14)(H,15,16). The van der Waals surface area contributed by atoms with Crippen molar-refractivity contribution in [2.75, 3.05) is 5.32 Å². The topological polar surface area (TPSA) is 66.4 Å².